The molecular weight excluding hydrogens is 296 g/mol. The number of halogens is 2. The lowest BCUT2D eigenvalue weighted by molar-refractivity contribution is 0.453. The Labute approximate surface area is 97.8 Å². The van der Waals surface area contributed by atoms with Gasteiger partial charge in [-0.3, -0.25) is 0 Å². The van der Waals surface area contributed by atoms with Gasteiger partial charge in [0.2, 0.25) is 0 Å². The summed E-state index contributed by atoms with van der Waals surface area (Å²) in [5.41, 5.74) is 2.77. The molecule has 13 heavy (non-hydrogen) atoms. The Balaban J connectivity index is 3.63. The molecule has 1 nitrogen and oxygen atoms in total. The van der Waals surface area contributed by atoms with E-state index in [2.05, 4.69) is 58.2 Å². The summed E-state index contributed by atoms with van der Waals surface area (Å²) in [5.74, 6) is 0. The highest BCUT2D eigenvalue weighted by Gasteiger charge is 1.89. The summed E-state index contributed by atoms with van der Waals surface area (Å²) >= 11 is 6.33. The molecule has 0 N–H and O–H groups in total. The third-order valence-corrected chi connectivity index (χ3v) is 2.89. The lowest BCUT2D eigenvalue weighted by Gasteiger charge is -1.98. The number of alkyl halides is 1. The molecule has 0 rings (SSSR count). The third-order valence-electron chi connectivity index (χ3n) is 1.74. The Kier molecular flexibility index (Phi) is 9.25. The maximum atomic E-state index is 4.77. The van der Waals surface area contributed by atoms with Crippen molar-refractivity contribution >= 4 is 32.2 Å². The van der Waals surface area contributed by atoms with Crippen LogP contribution in [0.1, 0.15) is 26.7 Å². The lowest BCUT2D eigenvalue weighted by Crippen LogP contribution is -1.83. The van der Waals surface area contributed by atoms with Crippen LogP contribution in [0.3, 0.4) is 0 Å². The molecule has 0 aliphatic carbocycles. The van der Waals surface area contributed by atoms with E-state index in [1.165, 1.54) is 11.1 Å². The first kappa shape index (κ1) is 13.4. The van der Waals surface area contributed by atoms with Gasteiger partial charge < -0.3 is 3.83 Å². The first-order chi connectivity index (χ1) is 6.20. The summed E-state index contributed by atoms with van der Waals surface area (Å²) in [6.07, 6.45) is 6.58. The number of allylic oxidation sites excluding steroid dienone is 3. The highest BCUT2D eigenvalue weighted by Crippen LogP contribution is 2.08. The van der Waals surface area contributed by atoms with Gasteiger partial charge in [-0.2, -0.15) is 0 Å². The predicted molar refractivity (Wildman–Crippen MR) is 65.4 cm³/mol. The van der Waals surface area contributed by atoms with Crippen LogP contribution < -0.4 is 0 Å². The van der Waals surface area contributed by atoms with Gasteiger partial charge in [-0.15, -0.1) is 0 Å². The van der Waals surface area contributed by atoms with Crippen molar-refractivity contribution in [3.8, 4) is 0 Å². The number of hydrogen-bond acceptors (Lipinski definition) is 1. The normalized spacial score (nSPS) is 13.5. The fourth-order valence-electron chi connectivity index (χ4n) is 0.877. The zero-order valence-electron chi connectivity index (χ0n) is 8.15. The Morgan fingerprint density at radius 3 is 2.46 bits per heavy atom. The molecule has 0 atom stereocenters. The molecule has 0 fully saturated rings. The molecule has 0 amide bonds. The van der Waals surface area contributed by atoms with E-state index in [9.17, 15) is 0 Å². The zero-order valence-corrected chi connectivity index (χ0v) is 11.3. The van der Waals surface area contributed by atoms with Crippen molar-refractivity contribution in [1.29, 1.82) is 0 Å². The molecule has 0 unspecified atom stereocenters. The van der Waals surface area contributed by atoms with Gasteiger partial charge in [0.05, 0.1) is 22.9 Å². The van der Waals surface area contributed by atoms with Crippen molar-refractivity contribution < 1.29 is 3.83 Å². The molecule has 76 valence electrons. The van der Waals surface area contributed by atoms with Crippen LogP contribution in [-0.2, 0) is 3.83 Å². The van der Waals surface area contributed by atoms with Crippen molar-refractivity contribution in [2.75, 3.05) is 11.9 Å². The average Bonchev–Trinajstić information content (AvgIpc) is 2.14. The highest BCUT2D eigenvalue weighted by molar-refractivity contribution is 9.09. The van der Waals surface area contributed by atoms with Gasteiger partial charge in [0.25, 0.3) is 0 Å². The third kappa shape index (κ3) is 8.72. The molecule has 3 heteroatoms. The average molecular weight is 312 g/mol. The summed E-state index contributed by atoms with van der Waals surface area (Å²) in [5, 5.41) is 0.972. The largest absolute Gasteiger partial charge is 0.304 e. The monoisotopic (exact) mass is 310 g/mol. The molecular formula is C10H16Br2O. The van der Waals surface area contributed by atoms with E-state index in [1.54, 1.807) is 0 Å². The second-order valence-corrected chi connectivity index (χ2v) is 4.07. The summed E-state index contributed by atoms with van der Waals surface area (Å²) in [4.78, 5) is 0. The smallest absolute Gasteiger partial charge is 0.0991 e. The minimum absolute atomic E-state index is 0.646. The Morgan fingerprint density at radius 2 is 1.92 bits per heavy atom. The van der Waals surface area contributed by atoms with Crippen LogP contribution in [0.2, 0.25) is 0 Å². The van der Waals surface area contributed by atoms with Crippen LogP contribution in [0.5, 0.6) is 0 Å². The molecule has 0 saturated carbocycles. The van der Waals surface area contributed by atoms with Gasteiger partial charge in [-0.1, -0.05) is 39.2 Å². The maximum absolute atomic E-state index is 4.77. The van der Waals surface area contributed by atoms with E-state index in [4.69, 9.17) is 3.83 Å². The highest BCUT2D eigenvalue weighted by atomic mass is 79.9. The molecule has 0 saturated heterocycles. The number of hydrogen-bond donors (Lipinski definition) is 0. The van der Waals surface area contributed by atoms with E-state index >= 15 is 0 Å². The topological polar surface area (TPSA) is 9.23 Å². The molecule has 0 heterocycles. The van der Waals surface area contributed by atoms with E-state index in [1.807, 2.05) is 0 Å². The van der Waals surface area contributed by atoms with Gasteiger partial charge >= 0.3 is 0 Å². The SMILES string of the molecule is C/C(=C\CC/C(C)=C/COBr)CBr. The Morgan fingerprint density at radius 1 is 1.23 bits per heavy atom. The standard InChI is InChI=1S/C10H16Br2O/c1-9(6-7-13-12)4-3-5-10(2)8-11/h5-6H,3-4,7-8H2,1-2H3/b9-6+,10-5+. The second-order valence-electron chi connectivity index (χ2n) is 3.05. The molecule has 0 aromatic carbocycles. The minimum Gasteiger partial charge on any atom is -0.304 e. The fraction of sp³-hybridized carbons (Fsp3) is 0.600. The van der Waals surface area contributed by atoms with Crippen LogP contribution >= 0.6 is 32.2 Å². The Hall–Kier alpha value is 0.400. The molecule has 0 spiro atoms. The van der Waals surface area contributed by atoms with Gasteiger partial charge in [-0.05, 0) is 26.7 Å². The van der Waals surface area contributed by atoms with Crippen molar-refractivity contribution in [1.82, 2.24) is 0 Å². The molecule has 0 aliphatic rings. The maximum Gasteiger partial charge on any atom is 0.0991 e. The molecule has 0 bridgehead atoms. The van der Waals surface area contributed by atoms with E-state index < -0.39 is 0 Å². The van der Waals surface area contributed by atoms with Crippen LogP contribution in [0.15, 0.2) is 23.3 Å². The fourth-order valence-corrected chi connectivity index (χ4v) is 1.24. The Bertz CT molecular complexity index is 185. The van der Waals surface area contributed by atoms with Gasteiger partial charge in [0.15, 0.2) is 0 Å². The molecule has 0 aromatic heterocycles. The lowest BCUT2D eigenvalue weighted by atomic mass is 10.1. The minimum atomic E-state index is 0.646. The van der Waals surface area contributed by atoms with Crippen molar-refractivity contribution in [2.24, 2.45) is 0 Å². The summed E-state index contributed by atoms with van der Waals surface area (Å²) in [6.45, 7) is 4.91. The first-order valence-electron chi connectivity index (χ1n) is 4.31. The van der Waals surface area contributed by atoms with Gasteiger partial charge in [-0.25, -0.2) is 0 Å². The van der Waals surface area contributed by atoms with E-state index in [0.717, 1.165) is 18.2 Å². The van der Waals surface area contributed by atoms with Gasteiger partial charge in [0.1, 0.15) is 0 Å². The van der Waals surface area contributed by atoms with Crippen LogP contribution in [0.4, 0.5) is 0 Å². The van der Waals surface area contributed by atoms with Crippen molar-refractivity contribution in [3.63, 3.8) is 0 Å². The van der Waals surface area contributed by atoms with Crippen molar-refractivity contribution in [2.45, 2.75) is 26.7 Å². The van der Waals surface area contributed by atoms with E-state index in [0.29, 0.717) is 6.61 Å². The van der Waals surface area contributed by atoms with Crippen LogP contribution in [-0.4, -0.2) is 11.9 Å². The van der Waals surface area contributed by atoms with E-state index in [-0.39, 0.29) is 0 Å². The summed E-state index contributed by atoms with van der Waals surface area (Å²) in [7, 11) is 0. The summed E-state index contributed by atoms with van der Waals surface area (Å²) in [6, 6.07) is 0. The first-order valence-corrected chi connectivity index (χ1v) is 6.08. The zero-order chi connectivity index (χ0) is 10.1. The predicted octanol–water partition coefficient (Wildman–Crippen LogP) is 4.38. The quantitative estimate of drug-likeness (QED) is 0.522. The molecule has 0 radical (unpaired) electrons. The second kappa shape index (κ2) is 8.97. The number of rotatable bonds is 6. The molecule has 0 aliphatic heterocycles. The van der Waals surface area contributed by atoms with Crippen molar-refractivity contribution in [3.05, 3.63) is 23.3 Å². The summed E-state index contributed by atoms with van der Waals surface area (Å²) < 4.78 is 4.77. The van der Waals surface area contributed by atoms with Crippen LogP contribution in [0, 0.1) is 0 Å². The van der Waals surface area contributed by atoms with Crippen LogP contribution in [0.25, 0.3) is 0 Å². The molecule has 0 aromatic rings. The van der Waals surface area contributed by atoms with Gasteiger partial charge in [0, 0.05) is 5.33 Å².